The summed E-state index contributed by atoms with van der Waals surface area (Å²) in [5, 5.41) is 0. The second-order valence-corrected chi connectivity index (χ2v) is 7.13. The molecule has 0 bridgehead atoms. The third kappa shape index (κ3) is 3.51. The molecule has 5 nitrogen and oxygen atoms in total. The zero-order valence-electron chi connectivity index (χ0n) is 12.2. The molecule has 0 amide bonds. The summed E-state index contributed by atoms with van der Waals surface area (Å²) in [4.78, 5) is 0.190. The highest BCUT2D eigenvalue weighted by Gasteiger charge is 2.31. The third-order valence-corrected chi connectivity index (χ3v) is 5.98. The lowest BCUT2D eigenvalue weighted by atomic mass is 10.1. The lowest BCUT2D eigenvalue weighted by molar-refractivity contribution is 0.0604. The largest absolute Gasteiger partial charge is 0.495 e. The van der Waals surface area contributed by atoms with Crippen LogP contribution in [0.15, 0.2) is 23.1 Å². The maximum absolute atomic E-state index is 12.7. The first-order chi connectivity index (χ1) is 10.0. The van der Waals surface area contributed by atoms with Gasteiger partial charge in [0, 0.05) is 26.1 Å². The Morgan fingerprint density at radius 3 is 2.48 bits per heavy atom. The van der Waals surface area contributed by atoms with Crippen molar-refractivity contribution in [3.63, 3.8) is 0 Å². The van der Waals surface area contributed by atoms with Crippen molar-refractivity contribution in [1.82, 2.24) is 4.31 Å². The molecular formula is C14H20ClNO4S. The monoisotopic (exact) mass is 333 g/mol. The average molecular weight is 334 g/mol. The standard InChI is InChI=1S/C14H20ClNO4S/c1-19-12-5-7-16(8-6-12)21(17,18)14-4-3-11(10-15)9-13(14)20-2/h3-4,9,12H,5-8,10H2,1-2H3. The molecule has 0 atom stereocenters. The first kappa shape index (κ1) is 16.5. The molecule has 7 heteroatoms. The summed E-state index contributed by atoms with van der Waals surface area (Å²) in [7, 11) is -0.434. The van der Waals surface area contributed by atoms with Gasteiger partial charge in [-0.05, 0) is 30.5 Å². The van der Waals surface area contributed by atoms with Crippen molar-refractivity contribution < 1.29 is 17.9 Å². The van der Waals surface area contributed by atoms with E-state index in [1.54, 1.807) is 25.3 Å². The number of hydrogen-bond acceptors (Lipinski definition) is 4. The first-order valence-corrected chi connectivity index (χ1v) is 8.76. The van der Waals surface area contributed by atoms with Crippen LogP contribution in [-0.4, -0.2) is 46.1 Å². The summed E-state index contributed by atoms with van der Waals surface area (Å²) in [6.45, 7) is 0.919. The fraction of sp³-hybridized carbons (Fsp3) is 0.571. The van der Waals surface area contributed by atoms with Gasteiger partial charge in [-0.2, -0.15) is 4.31 Å². The Bertz CT molecular complexity index is 583. The summed E-state index contributed by atoms with van der Waals surface area (Å²) in [5.74, 6) is 0.651. The van der Waals surface area contributed by atoms with Crippen molar-refractivity contribution in [3.05, 3.63) is 23.8 Å². The minimum absolute atomic E-state index is 0.136. The summed E-state index contributed by atoms with van der Waals surface area (Å²) in [5.41, 5.74) is 0.825. The van der Waals surface area contributed by atoms with E-state index in [2.05, 4.69) is 0 Å². The third-order valence-electron chi connectivity index (χ3n) is 3.73. The maximum Gasteiger partial charge on any atom is 0.246 e. The molecule has 1 fully saturated rings. The quantitative estimate of drug-likeness (QED) is 0.775. The van der Waals surface area contributed by atoms with Crippen LogP contribution in [0.1, 0.15) is 18.4 Å². The van der Waals surface area contributed by atoms with Crippen LogP contribution >= 0.6 is 11.6 Å². The van der Waals surface area contributed by atoms with Crippen molar-refractivity contribution >= 4 is 21.6 Å². The van der Waals surface area contributed by atoms with Crippen molar-refractivity contribution in [2.45, 2.75) is 29.7 Å². The predicted molar refractivity (Wildman–Crippen MR) is 81.3 cm³/mol. The van der Waals surface area contributed by atoms with E-state index < -0.39 is 10.0 Å². The molecule has 1 heterocycles. The van der Waals surface area contributed by atoms with E-state index in [9.17, 15) is 8.42 Å². The molecule has 0 unspecified atom stereocenters. The molecule has 1 aromatic rings. The van der Waals surface area contributed by atoms with Gasteiger partial charge in [0.25, 0.3) is 0 Å². The average Bonchev–Trinajstić information content (AvgIpc) is 2.54. The van der Waals surface area contributed by atoms with Crippen LogP contribution in [0.5, 0.6) is 5.75 Å². The smallest absolute Gasteiger partial charge is 0.246 e. The van der Waals surface area contributed by atoms with Gasteiger partial charge < -0.3 is 9.47 Å². The van der Waals surface area contributed by atoms with Crippen LogP contribution in [0.2, 0.25) is 0 Å². The van der Waals surface area contributed by atoms with Gasteiger partial charge in [-0.3, -0.25) is 0 Å². The number of ether oxygens (including phenoxy) is 2. The van der Waals surface area contributed by atoms with E-state index in [1.807, 2.05) is 0 Å². The van der Waals surface area contributed by atoms with E-state index in [0.29, 0.717) is 37.6 Å². The lowest BCUT2D eigenvalue weighted by Gasteiger charge is -2.30. The SMILES string of the molecule is COc1cc(CCl)ccc1S(=O)(=O)N1CCC(OC)CC1. The Morgan fingerprint density at radius 2 is 1.95 bits per heavy atom. The number of piperidine rings is 1. The number of rotatable bonds is 5. The minimum Gasteiger partial charge on any atom is -0.495 e. The van der Waals surface area contributed by atoms with Crippen LogP contribution in [0.25, 0.3) is 0 Å². The number of nitrogens with zero attached hydrogens (tertiary/aromatic N) is 1. The Hall–Kier alpha value is -0.820. The lowest BCUT2D eigenvalue weighted by Crippen LogP contribution is -2.40. The van der Waals surface area contributed by atoms with Crippen molar-refractivity contribution in [1.29, 1.82) is 0 Å². The zero-order chi connectivity index (χ0) is 15.5. The fourth-order valence-electron chi connectivity index (χ4n) is 2.46. The van der Waals surface area contributed by atoms with Gasteiger partial charge >= 0.3 is 0 Å². The summed E-state index contributed by atoms with van der Waals surface area (Å²) in [6, 6.07) is 4.94. The summed E-state index contributed by atoms with van der Waals surface area (Å²) in [6.07, 6.45) is 1.55. The molecule has 118 valence electrons. The molecule has 0 aromatic heterocycles. The number of sulfonamides is 1. The minimum atomic E-state index is -3.55. The highest BCUT2D eigenvalue weighted by molar-refractivity contribution is 7.89. The Labute approximate surface area is 130 Å². The molecule has 0 saturated carbocycles. The highest BCUT2D eigenvalue weighted by atomic mass is 35.5. The molecule has 1 saturated heterocycles. The van der Waals surface area contributed by atoms with Crippen LogP contribution in [0, 0.1) is 0 Å². The maximum atomic E-state index is 12.7. The molecule has 0 N–H and O–H groups in total. The Balaban J connectivity index is 2.27. The van der Waals surface area contributed by atoms with E-state index in [1.165, 1.54) is 11.4 Å². The van der Waals surface area contributed by atoms with Crippen LogP contribution in [-0.2, 0) is 20.6 Å². The molecule has 1 aliphatic heterocycles. The first-order valence-electron chi connectivity index (χ1n) is 6.78. The highest BCUT2D eigenvalue weighted by Crippen LogP contribution is 2.30. The van der Waals surface area contributed by atoms with Gasteiger partial charge in [0.05, 0.1) is 13.2 Å². The van der Waals surface area contributed by atoms with Crippen LogP contribution < -0.4 is 4.74 Å². The molecule has 0 aliphatic carbocycles. The van der Waals surface area contributed by atoms with Crippen LogP contribution in [0.3, 0.4) is 0 Å². The van der Waals surface area contributed by atoms with E-state index in [0.717, 1.165) is 5.56 Å². The van der Waals surface area contributed by atoms with Crippen molar-refractivity contribution in [2.75, 3.05) is 27.3 Å². The molecular weight excluding hydrogens is 314 g/mol. The van der Waals surface area contributed by atoms with Gasteiger partial charge in [0.1, 0.15) is 10.6 Å². The van der Waals surface area contributed by atoms with Gasteiger partial charge in [-0.15, -0.1) is 11.6 Å². The molecule has 1 aromatic carbocycles. The Kier molecular flexibility index (Phi) is 5.48. The molecule has 21 heavy (non-hydrogen) atoms. The molecule has 0 radical (unpaired) electrons. The molecule has 0 spiro atoms. The normalized spacial score (nSPS) is 17.9. The summed E-state index contributed by atoms with van der Waals surface area (Å²) < 4.78 is 37.4. The topological polar surface area (TPSA) is 55.8 Å². The van der Waals surface area contributed by atoms with Gasteiger partial charge in [-0.1, -0.05) is 6.07 Å². The van der Waals surface area contributed by atoms with Crippen molar-refractivity contribution in [2.24, 2.45) is 0 Å². The Morgan fingerprint density at radius 1 is 1.29 bits per heavy atom. The van der Waals surface area contributed by atoms with E-state index in [4.69, 9.17) is 21.1 Å². The van der Waals surface area contributed by atoms with Crippen molar-refractivity contribution in [3.8, 4) is 5.75 Å². The summed E-state index contributed by atoms with van der Waals surface area (Å²) >= 11 is 5.77. The van der Waals surface area contributed by atoms with Gasteiger partial charge in [0.15, 0.2) is 0 Å². The van der Waals surface area contributed by atoms with E-state index in [-0.39, 0.29) is 11.0 Å². The predicted octanol–water partition coefficient (Wildman–Crippen LogP) is 2.23. The fourth-order valence-corrected chi connectivity index (χ4v) is 4.23. The van der Waals surface area contributed by atoms with Gasteiger partial charge in [0.2, 0.25) is 10.0 Å². The number of halogens is 1. The number of alkyl halides is 1. The number of methoxy groups -OCH3 is 2. The number of hydrogen-bond donors (Lipinski definition) is 0. The zero-order valence-corrected chi connectivity index (χ0v) is 13.8. The van der Waals surface area contributed by atoms with Crippen LogP contribution in [0.4, 0.5) is 0 Å². The van der Waals surface area contributed by atoms with Gasteiger partial charge in [-0.25, -0.2) is 8.42 Å². The number of benzene rings is 1. The molecule has 2 rings (SSSR count). The second kappa shape index (κ2) is 6.96. The molecule has 1 aliphatic rings. The van der Waals surface area contributed by atoms with E-state index >= 15 is 0 Å². The second-order valence-electron chi connectivity index (χ2n) is 4.96.